The van der Waals surface area contributed by atoms with E-state index in [-0.39, 0.29) is 0 Å². The van der Waals surface area contributed by atoms with Gasteiger partial charge in [0.25, 0.3) is 0 Å². The molecule has 2 heterocycles. The lowest BCUT2D eigenvalue weighted by Gasteiger charge is -2.19. The van der Waals surface area contributed by atoms with Crippen molar-refractivity contribution in [1.29, 1.82) is 0 Å². The Morgan fingerprint density at radius 2 is 2.15 bits per heavy atom. The van der Waals surface area contributed by atoms with E-state index < -0.39 is 0 Å². The van der Waals surface area contributed by atoms with Crippen molar-refractivity contribution in [2.24, 2.45) is 7.05 Å². The van der Waals surface area contributed by atoms with Gasteiger partial charge in [-0.2, -0.15) is 5.10 Å². The Kier molecular flexibility index (Phi) is 3.87. The molecule has 0 radical (unpaired) electrons. The molecule has 0 spiro atoms. The number of aryl methyl sites for hydroxylation is 2. The van der Waals surface area contributed by atoms with E-state index in [1.165, 1.54) is 24.0 Å². The highest BCUT2D eigenvalue weighted by atomic mass is 16.5. The highest BCUT2D eigenvalue weighted by Gasteiger charge is 2.20. The van der Waals surface area contributed by atoms with Crippen molar-refractivity contribution in [2.45, 2.75) is 45.7 Å². The molecule has 1 aliphatic carbocycles. The molecule has 0 saturated heterocycles. The van der Waals surface area contributed by atoms with Gasteiger partial charge in [-0.3, -0.25) is 9.58 Å². The molecule has 0 atom stereocenters. The normalized spacial score (nSPS) is 14.8. The standard InChI is InChI=1S/C15H22N4O/c1-3-19(10-12-8-16-18(2)9-12)11-14-13-6-4-5-7-15(13)20-17-14/h8-9H,3-7,10-11H2,1-2H3. The van der Waals surface area contributed by atoms with Crippen LogP contribution in [0.5, 0.6) is 0 Å². The van der Waals surface area contributed by atoms with E-state index in [4.69, 9.17) is 4.52 Å². The molecule has 2 aromatic heterocycles. The number of nitrogens with zero attached hydrogens (tertiary/aromatic N) is 4. The summed E-state index contributed by atoms with van der Waals surface area (Å²) in [7, 11) is 1.95. The maximum absolute atomic E-state index is 5.49. The van der Waals surface area contributed by atoms with Gasteiger partial charge in [-0.25, -0.2) is 0 Å². The summed E-state index contributed by atoms with van der Waals surface area (Å²) in [6.07, 6.45) is 8.67. The quantitative estimate of drug-likeness (QED) is 0.839. The number of rotatable bonds is 5. The molecule has 0 bridgehead atoms. The molecule has 108 valence electrons. The van der Waals surface area contributed by atoms with Crippen molar-refractivity contribution in [1.82, 2.24) is 19.8 Å². The lowest BCUT2D eigenvalue weighted by molar-refractivity contribution is 0.260. The zero-order chi connectivity index (χ0) is 13.9. The predicted molar refractivity (Wildman–Crippen MR) is 76.1 cm³/mol. The minimum Gasteiger partial charge on any atom is -0.361 e. The SMILES string of the molecule is CCN(Cc1cnn(C)c1)Cc1noc2c1CCCC2. The van der Waals surface area contributed by atoms with Crippen molar-refractivity contribution >= 4 is 0 Å². The van der Waals surface area contributed by atoms with Gasteiger partial charge < -0.3 is 4.52 Å². The predicted octanol–water partition coefficient (Wildman–Crippen LogP) is 2.31. The molecule has 2 aromatic rings. The molecule has 0 N–H and O–H groups in total. The van der Waals surface area contributed by atoms with E-state index in [0.717, 1.165) is 43.9 Å². The highest BCUT2D eigenvalue weighted by Crippen LogP contribution is 2.25. The molecule has 0 fully saturated rings. The lowest BCUT2D eigenvalue weighted by Crippen LogP contribution is -2.23. The zero-order valence-electron chi connectivity index (χ0n) is 12.3. The summed E-state index contributed by atoms with van der Waals surface area (Å²) in [4.78, 5) is 2.38. The highest BCUT2D eigenvalue weighted by molar-refractivity contribution is 5.25. The second-order valence-corrected chi connectivity index (χ2v) is 5.56. The number of fused-ring (bicyclic) bond motifs is 1. The Labute approximate surface area is 119 Å². The van der Waals surface area contributed by atoms with Gasteiger partial charge in [0.15, 0.2) is 0 Å². The van der Waals surface area contributed by atoms with E-state index in [1.54, 1.807) is 0 Å². The maximum Gasteiger partial charge on any atom is 0.140 e. The zero-order valence-corrected chi connectivity index (χ0v) is 12.3. The van der Waals surface area contributed by atoms with Crippen molar-refractivity contribution in [3.05, 3.63) is 35.0 Å². The van der Waals surface area contributed by atoms with Crippen LogP contribution in [0.3, 0.4) is 0 Å². The van der Waals surface area contributed by atoms with Crippen molar-refractivity contribution < 1.29 is 4.52 Å². The summed E-state index contributed by atoms with van der Waals surface area (Å²) < 4.78 is 7.34. The molecule has 0 unspecified atom stereocenters. The molecule has 3 rings (SSSR count). The van der Waals surface area contributed by atoms with Gasteiger partial charge in [0.2, 0.25) is 0 Å². The summed E-state index contributed by atoms with van der Waals surface area (Å²) >= 11 is 0. The monoisotopic (exact) mass is 274 g/mol. The molecule has 20 heavy (non-hydrogen) atoms. The fourth-order valence-electron chi connectivity index (χ4n) is 2.88. The van der Waals surface area contributed by atoms with E-state index in [2.05, 4.69) is 28.3 Å². The fourth-order valence-corrected chi connectivity index (χ4v) is 2.88. The molecule has 0 amide bonds. The number of hydrogen-bond acceptors (Lipinski definition) is 4. The largest absolute Gasteiger partial charge is 0.361 e. The van der Waals surface area contributed by atoms with E-state index in [1.807, 2.05) is 17.9 Å². The van der Waals surface area contributed by atoms with Crippen molar-refractivity contribution in [3.8, 4) is 0 Å². The third kappa shape index (κ3) is 2.77. The third-order valence-electron chi connectivity index (χ3n) is 4.02. The summed E-state index contributed by atoms with van der Waals surface area (Å²) in [5, 5.41) is 8.52. The van der Waals surface area contributed by atoms with E-state index >= 15 is 0 Å². The summed E-state index contributed by atoms with van der Waals surface area (Å²) in [5.41, 5.74) is 3.73. The molecular formula is C15H22N4O. The summed E-state index contributed by atoms with van der Waals surface area (Å²) in [6.45, 7) is 4.95. The van der Waals surface area contributed by atoms with Gasteiger partial charge in [-0.15, -0.1) is 0 Å². The van der Waals surface area contributed by atoms with Crippen molar-refractivity contribution in [3.63, 3.8) is 0 Å². The van der Waals surface area contributed by atoms with Crippen LogP contribution in [0.1, 0.15) is 42.3 Å². The van der Waals surface area contributed by atoms with Gasteiger partial charge in [0, 0.05) is 43.9 Å². The van der Waals surface area contributed by atoms with Crippen LogP contribution in [-0.4, -0.2) is 26.4 Å². The first-order valence-electron chi connectivity index (χ1n) is 7.42. The van der Waals surface area contributed by atoms with Crippen LogP contribution < -0.4 is 0 Å². The maximum atomic E-state index is 5.49. The molecular weight excluding hydrogens is 252 g/mol. The Balaban J connectivity index is 1.70. The van der Waals surface area contributed by atoms with E-state index in [9.17, 15) is 0 Å². The van der Waals surface area contributed by atoms with Gasteiger partial charge >= 0.3 is 0 Å². The average molecular weight is 274 g/mol. The van der Waals surface area contributed by atoms with E-state index in [0.29, 0.717) is 0 Å². The topological polar surface area (TPSA) is 47.1 Å². The van der Waals surface area contributed by atoms with Crippen LogP contribution >= 0.6 is 0 Å². The average Bonchev–Trinajstić information content (AvgIpc) is 3.05. The van der Waals surface area contributed by atoms with Crippen LogP contribution in [0.15, 0.2) is 16.9 Å². The summed E-state index contributed by atoms with van der Waals surface area (Å²) in [6, 6.07) is 0. The molecule has 0 aliphatic heterocycles. The Morgan fingerprint density at radius 3 is 2.90 bits per heavy atom. The fraction of sp³-hybridized carbons (Fsp3) is 0.600. The molecule has 5 heteroatoms. The van der Waals surface area contributed by atoms with Crippen LogP contribution in [-0.2, 0) is 33.0 Å². The van der Waals surface area contributed by atoms with Gasteiger partial charge in [0.1, 0.15) is 11.5 Å². The second-order valence-electron chi connectivity index (χ2n) is 5.56. The third-order valence-corrected chi connectivity index (χ3v) is 4.02. The molecule has 5 nitrogen and oxygen atoms in total. The van der Waals surface area contributed by atoms with Crippen LogP contribution in [0.2, 0.25) is 0 Å². The minimum absolute atomic E-state index is 0.865. The number of hydrogen-bond donors (Lipinski definition) is 0. The Bertz CT molecular complexity index is 572. The summed E-state index contributed by atoms with van der Waals surface area (Å²) in [5.74, 6) is 1.11. The van der Waals surface area contributed by atoms with Crippen molar-refractivity contribution in [2.75, 3.05) is 6.54 Å². The molecule has 1 aliphatic rings. The first-order chi connectivity index (χ1) is 9.76. The van der Waals surface area contributed by atoms with Gasteiger partial charge in [-0.1, -0.05) is 12.1 Å². The number of aromatic nitrogens is 3. The first kappa shape index (κ1) is 13.4. The van der Waals surface area contributed by atoms with Crippen LogP contribution in [0.4, 0.5) is 0 Å². The van der Waals surface area contributed by atoms with Crippen LogP contribution in [0.25, 0.3) is 0 Å². The smallest absolute Gasteiger partial charge is 0.140 e. The Hall–Kier alpha value is -1.62. The van der Waals surface area contributed by atoms with Gasteiger partial charge in [-0.05, 0) is 25.8 Å². The minimum atomic E-state index is 0.865. The van der Waals surface area contributed by atoms with Gasteiger partial charge in [0.05, 0.1) is 6.20 Å². The molecule has 0 saturated carbocycles. The lowest BCUT2D eigenvalue weighted by atomic mass is 9.96. The first-order valence-corrected chi connectivity index (χ1v) is 7.42. The molecule has 0 aromatic carbocycles. The van der Waals surface area contributed by atoms with Crippen LogP contribution in [0, 0.1) is 0 Å². The Morgan fingerprint density at radius 1 is 1.30 bits per heavy atom. The second kappa shape index (κ2) is 5.79.